The summed E-state index contributed by atoms with van der Waals surface area (Å²) in [6.07, 6.45) is 1.09. The first-order valence-corrected chi connectivity index (χ1v) is 4.24. The molecule has 0 saturated heterocycles. The summed E-state index contributed by atoms with van der Waals surface area (Å²) in [4.78, 5) is 0. The van der Waals surface area contributed by atoms with Gasteiger partial charge in [-0.25, -0.2) is 4.39 Å². The summed E-state index contributed by atoms with van der Waals surface area (Å²) in [6, 6.07) is 4.52. The lowest BCUT2D eigenvalue weighted by Gasteiger charge is -2.01. The Kier molecular flexibility index (Phi) is 3.25. The fraction of sp³-hybridized carbons (Fsp3) is 0.222. The number of benzene rings is 1. The zero-order valence-electron chi connectivity index (χ0n) is 6.98. The van der Waals surface area contributed by atoms with Crippen LogP contribution in [0, 0.1) is 11.2 Å². The summed E-state index contributed by atoms with van der Waals surface area (Å²) in [5.74, 6) is -0.298. The van der Waals surface area contributed by atoms with Crippen LogP contribution >= 0.6 is 11.6 Å². The molecule has 70 valence electrons. The van der Waals surface area contributed by atoms with Gasteiger partial charge >= 0.3 is 0 Å². The minimum atomic E-state index is -0.423. The fourth-order valence-electron chi connectivity index (χ4n) is 0.974. The Bertz CT molecular complexity index is 325. The molecule has 0 atom stereocenters. The van der Waals surface area contributed by atoms with Gasteiger partial charge in [-0.1, -0.05) is 17.7 Å². The SMILES string of the molecule is N=C(N)CCc1ccc(F)c(Cl)c1. The van der Waals surface area contributed by atoms with Crippen LogP contribution in [0.3, 0.4) is 0 Å². The maximum atomic E-state index is 12.7. The number of aryl methyl sites for hydroxylation is 1. The van der Waals surface area contributed by atoms with Gasteiger partial charge in [0.05, 0.1) is 10.9 Å². The molecule has 0 saturated carbocycles. The summed E-state index contributed by atoms with van der Waals surface area (Å²) in [5, 5.41) is 7.12. The number of hydrogen-bond donors (Lipinski definition) is 2. The van der Waals surface area contributed by atoms with E-state index in [0.717, 1.165) is 5.56 Å². The number of nitrogens with one attached hydrogen (secondary N) is 1. The van der Waals surface area contributed by atoms with Crippen LogP contribution in [-0.2, 0) is 6.42 Å². The Balaban J connectivity index is 2.68. The molecule has 0 bridgehead atoms. The smallest absolute Gasteiger partial charge is 0.141 e. The molecule has 13 heavy (non-hydrogen) atoms. The van der Waals surface area contributed by atoms with E-state index in [4.69, 9.17) is 22.7 Å². The highest BCUT2D eigenvalue weighted by Gasteiger charge is 2.00. The van der Waals surface area contributed by atoms with E-state index >= 15 is 0 Å². The van der Waals surface area contributed by atoms with Gasteiger partial charge in [-0.2, -0.15) is 0 Å². The molecule has 1 rings (SSSR count). The molecule has 2 nitrogen and oxygen atoms in total. The van der Waals surface area contributed by atoms with E-state index in [-0.39, 0.29) is 10.9 Å². The number of halogens is 2. The second-order valence-corrected chi connectivity index (χ2v) is 3.18. The minimum Gasteiger partial charge on any atom is -0.388 e. The predicted octanol–water partition coefficient (Wildman–Crippen LogP) is 2.35. The molecule has 1 aromatic rings. The molecule has 0 amide bonds. The third-order valence-corrected chi connectivity index (χ3v) is 1.96. The van der Waals surface area contributed by atoms with Gasteiger partial charge in [0.2, 0.25) is 0 Å². The lowest BCUT2D eigenvalue weighted by atomic mass is 10.1. The fourth-order valence-corrected chi connectivity index (χ4v) is 1.18. The zero-order valence-corrected chi connectivity index (χ0v) is 7.74. The average molecular weight is 201 g/mol. The van der Waals surface area contributed by atoms with E-state index in [1.165, 1.54) is 6.07 Å². The molecule has 4 heteroatoms. The van der Waals surface area contributed by atoms with Crippen molar-refractivity contribution in [2.24, 2.45) is 5.73 Å². The zero-order chi connectivity index (χ0) is 9.84. The van der Waals surface area contributed by atoms with Gasteiger partial charge < -0.3 is 5.73 Å². The van der Waals surface area contributed by atoms with Crippen molar-refractivity contribution in [3.05, 3.63) is 34.6 Å². The number of rotatable bonds is 3. The van der Waals surface area contributed by atoms with Gasteiger partial charge in [0.1, 0.15) is 5.82 Å². The monoisotopic (exact) mass is 200 g/mol. The number of hydrogen-bond acceptors (Lipinski definition) is 1. The molecule has 0 aromatic heterocycles. The highest BCUT2D eigenvalue weighted by molar-refractivity contribution is 6.30. The van der Waals surface area contributed by atoms with E-state index in [9.17, 15) is 4.39 Å². The second-order valence-electron chi connectivity index (χ2n) is 2.77. The lowest BCUT2D eigenvalue weighted by molar-refractivity contribution is 0.627. The van der Waals surface area contributed by atoms with E-state index in [1.54, 1.807) is 12.1 Å². The van der Waals surface area contributed by atoms with Crippen LogP contribution < -0.4 is 5.73 Å². The molecule has 0 aliphatic heterocycles. The number of nitrogens with two attached hydrogens (primary N) is 1. The van der Waals surface area contributed by atoms with Crippen LogP contribution in [0.1, 0.15) is 12.0 Å². The Morgan fingerprint density at radius 1 is 1.54 bits per heavy atom. The first-order chi connectivity index (χ1) is 6.09. The van der Waals surface area contributed by atoms with Crippen molar-refractivity contribution < 1.29 is 4.39 Å². The molecule has 0 heterocycles. The van der Waals surface area contributed by atoms with Crippen molar-refractivity contribution in [3.63, 3.8) is 0 Å². The summed E-state index contributed by atoms with van der Waals surface area (Å²) in [5.41, 5.74) is 6.07. The first-order valence-electron chi connectivity index (χ1n) is 3.86. The van der Waals surface area contributed by atoms with Gasteiger partial charge in [0.15, 0.2) is 0 Å². The third-order valence-electron chi connectivity index (χ3n) is 1.67. The van der Waals surface area contributed by atoms with Crippen LogP contribution in [0.4, 0.5) is 4.39 Å². The molecule has 0 aliphatic carbocycles. The molecular formula is C9H10ClFN2. The molecule has 1 aromatic carbocycles. The van der Waals surface area contributed by atoms with Crippen LogP contribution in [0.5, 0.6) is 0 Å². The Morgan fingerprint density at radius 2 is 2.23 bits per heavy atom. The van der Waals surface area contributed by atoms with Crippen molar-refractivity contribution >= 4 is 17.4 Å². The van der Waals surface area contributed by atoms with Gasteiger partial charge in [-0.05, 0) is 24.1 Å². The lowest BCUT2D eigenvalue weighted by Crippen LogP contribution is -2.10. The van der Waals surface area contributed by atoms with Gasteiger partial charge in [0.25, 0.3) is 0 Å². The van der Waals surface area contributed by atoms with Crippen molar-refractivity contribution in [2.75, 3.05) is 0 Å². The molecule has 0 unspecified atom stereocenters. The van der Waals surface area contributed by atoms with Crippen molar-refractivity contribution in [3.8, 4) is 0 Å². The minimum absolute atomic E-state index is 0.112. The van der Waals surface area contributed by atoms with E-state index in [0.29, 0.717) is 12.8 Å². The quantitative estimate of drug-likeness (QED) is 0.571. The topological polar surface area (TPSA) is 49.9 Å². The van der Waals surface area contributed by atoms with Gasteiger partial charge in [0, 0.05) is 6.42 Å². The molecule has 0 fully saturated rings. The van der Waals surface area contributed by atoms with Crippen LogP contribution in [0.25, 0.3) is 0 Å². The standard InChI is InChI=1S/C9H10ClFN2/c10-7-5-6(1-3-8(7)11)2-4-9(12)13/h1,3,5H,2,4H2,(H3,12,13). The number of amidine groups is 1. The maximum absolute atomic E-state index is 12.7. The summed E-state index contributed by atoms with van der Waals surface area (Å²) < 4.78 is 12.7. The Hall–Kier alpha value is -1.09. The molecule has 0 spiro atoms. The Labute approximate surface area is 81.0 Å². The highest BCUT2D eigenvalue weighted by Crippen LogP contribution is 2.16. The van der Waals surface area contributed by atoms with E-state index < -0.39 is 5.82 Å². The highest BCUT2D eigenvalue weighted by atomic mass is 35.5. The van der Waals surface area contributed by atoms with E-state index in [1.807, 2.05) is 0 Å². The average Bonchev–Trinajstić information content (AvgIpc) is 2.07. The van der Waals surface area contributed by atoms with Crippen LogP contribution in [0.2, 0.25) is 5.02 Å². The largest absolute Gasteiger partial charge is 0.388 e. The third kappa shape index (κ3) is 3.03. The molecule has 0 radical (unpaired) electrons. The first kappa shape index (κ1) is 9.99. The maximum Gasteiger partial charge on any atom is 0.141 e. The predicted molar refractivity (Wildman–Crippen MR) is 51.6 cm³/mol. The van der Waals surface area contributed by atoms with Gasteiger partial charge in [-0.15, -0.1) is 0 Å². The summed E-state index contributed by atoms with van der Waals surface area (Å²) >= 11 is 5.57. The molecular weight excluding hydrogens is 191 g/mol. The molecule has 0 aliphatic rings. The summed E-state index contributed by atoms with van der Waals surface area (Å²) in [7, 11) is 0. The molecule has 3 N–H and O–H groups in total. The summed E-state index contributed by atoms with van der Waals surface area (Å²) in [6.45, 7) is 0. The Morgan fingerprint density at radius 3 is 2.77 bits per heavy atom. The van der Waals surface area contributed by atoms with Crippen molar-refractivity contribution in [2.45, 2.75) is 12.8 Å². The van der Waals surface area contributed by atoms with Crippen molar-refractivity contribution in [1.82, 2.24) is 0 Å². The van der Waals surface area contributed by atoms with Crippen LogP contribution in [0.15, 0.2) is 18.2 Å². The van der Waals surface area contributed by atoms with E-state index in [2.05, 4.69) is 0 Å². The normalized spacial score (nSPS) is 10.0. The van der Waals surface area contributed by atoms with Crippen LogP contribution in [-0.4, -0.2) is 5.84 Å². The van der Waals surface area contributed by atoms with Gasteiger partial charge in [-0.3, -0.25) is 5.41 Å². The van der Waals surface area contributed by atoms with Crippen molar-refractivity contribution in [1.29, 1.82) is 5.41 Å². The second kappa shape index (κ2) is 4.23.